The minimum atomic E-state index is -0.513. The molecule has 2 aromatic rings. The van der Waals surface area contributed by atoms with Crippen LogP contribution in [0.15, 0.2) is 33.5 Å². The van der Waals surface area contributed by atoms with Crippen LogP contribution in [0.2, 0.25) is 0 Å². The Morgan fingerprint density at radius 1 is 1.25 bits per heavy atom. The molecular weight excluding hydrogens is 258 g/mol. The average molecular weight is 275 g/mol. The van der Waals surface area contributed by atoms with Gasteiger partial charge < -0.3 is 14.1 Å². The van der Waals surface area contributed by atoms with Gasteiger partial charge in [-0.1, -0.05) is 0 Å². The van der Waals surface area contributed by atoms with Crippen LogP contribution in [0.4, 0.5) is 0 Å². The van der Waals surface area contributed by atoms with Gasteiger partial charge in [0.15, 0.2) is 5.76 Å². The second-order valence-corrected chi connectivity index (χ2v) is 4.33. The number of rotatable bonds is 4. The van der Waals surface area contributed by atoms with E-state index < -0.39 is 5.63 Å². The summed E-state index contributed by atoms with van der Waals surface area (Å²) in [6.07, 6.45) is 0. The first-order valence-electron chi connectivity index (χ1n) is 6.51. The third-order valence-electron chi connectivity index (χ3n) is 3.23. The van der Waals surface area contributed by atoms with Gasteiger partial charge in [-0.2, -0.15) is 0 Å². The number of carbonyl (C=O) groups excluding carboxylic acids is 1. The van der Waals surface area contributed by atoms with Gasteiger partial charge in [-0.05, 0) is 43.5 Å². The van der Waals surface area contributed by atoms with Crippen molar-refractivity contribution in [2.45, 2.75) is 13.8 Å². The van der Waals surface area contributed by atoms with E-state index in [1.54, 1.807) is 36.3 Å². The average Bonchev–Trinajstić information content (AvgIpc) is 2.47. The molecule has 0 aliphatic carbocycles. The SMILES string of the molecule is CCN(CC)C(=O)c1cc2cc(OC)ccc2c(=O)o1. The Morgan fingerprint density at radius 3 is 2.55 bits per heavy atom. The second-order valence-electron chi connectivity index (χ2n) is 4.33. The maximum atomic E-state index is 12.2. The molecule has 1 aromatic heterocycles. The van der Waals surface area contributed by atoms with Gasteiger partial charge >= 0.3 is 5.63 Å². The van der Waals surface area contributed by atoms with E-state index in [2.05, 4.69) is 0 Å². The minimum Gasteiger partial charge on any atom is -0.497 e. The maximum Gasteiger partial charge on any atom is 0.344 e. The minimum absolute atomic E-state index is 0.0550. The predicted molar refractivity (Wildman–Crippen MR) is 76.3 cm³/mol. The number of carbonyl (C=O) groups is 1. The molecule has 5 heteroatoms. The van der Waals surface area contributed by atoms with E-state index in [0.717, 1.165) is 0 Å². The molecule has 20 heavy (non-hydrogen) atoms. The Kier molecular flexibility index (Phi) is 4.08. The van der Waals surface area contributed by atoms with Crippen molar-refractivity contribution in [3.63, 3.8) is 0 Å². The number of hydrogen-bond acceptors (Lipinski definition) is 4. The molecule has 0 aliphatic rings. The van der Waals surface area contributed by atoms with Crippen molar-refractivity contribution in [2.24, 2.45) is 0 Å². The molecule has 0 saturated heterocycles. The Bertz CT molecular complexity index is 686. The summed E-state index contributed by atoms with van der Waals surface area (Å²) in [5, 5.41) is 1.07. The molecule has 0 atom stereocenters. The molecule has 0 N–H and O–H groups in total. The zero-order chi connectivity index (χ0) is 14.7. The Balaban J connectivity index is 2.56. The molecule has 0 spiro atoms. The monoisotopic (exact) mass is 275 g/mol. The maximum absolute atomic E-state index is 12.2. The number of fused-ring (bicyclic) bond motifs is 1. The number of amides is 1. The zero-order valence-electron chi connectivity index (χ0n) is 11.8. The van der Waals surface area contributed by atoms with Crippen molar-refractivity contribution in [2.75, 3.05) is 20.2 Å². The lowest BCUT2D eigenvalue weighted by Crippen LogP contribution is -2.31. The van der Waals surface area contributed by atoms with Gasteiger partial charge in [0.05, 0.1) is 12.5 Å². The smallest absolute Gasteiger partial charge is 0.344 e. The highest BCUT2D eigenvalue weighted by atomic mass is 16.5. The van der Waals surface area contributed by atoms with Crippen molar-refractivity contribution in [1.82, 2.24) is 4.90 Å². The van der Waals surface area contributed by atoms with Crippen LogP contribution in [-0.2, 0) is 0 Å². The van der Waals surface area contributed by atoms with Gasteiger partial charge in [0.2, 0.25) is 0 Å². The molecule has 1 heterocycles. The molecular formula is C15H17NO4. The fourth-order valence-corrected chi connectivity index (χ4v) is 2.07. The third-order valence-corrected chi connectivity index (χ3v) is 3.23. The van der Waals surface area contributed by atoms with E-state index in [1.165, 1.54) is 0 Å². The van der Waals surface area contributed by atoms with Crippen LogP contribution in [0.3, 0.4) is 0 Å². The van der Waals surface area contributed by atoms with Crippen molar-refractivity contribution >= 4 is 16.7 Å². The normalized spacial score (nSPS) is 10.6. The highest BCUT2D eigenvalue weighted by Gasteiger charge is 2.17. The second kappa shape index (κ2) is 5.77. The van der Waals surface area contributed by atoms with Crippen molar-refractivity contribution < 1.29 is 13.9 Å². The van der Waals surface area contributed by atoms with E-state index in [4.69, 9.17) is 9.15 Å². The highest BCUT2D eigenvalue weighted by Crippen LogP contribution is 2.19. The van der Waals surface area contributed by atoms with Crippen LogP contribution in [-0.4, -0.2) is 31.0 Å². The van der Waals surface area contributed by atoms with Crippen LogP contribution in [0.1, 0.15) is 24.4 Å². The fraction of sp³-hybridized carbons (Fsp3) is 0.333. The van der Waals surface area contributed by atoms with Crippen LogP contribution in [0, 0.1) is 0 Å². The van der Waals surface area contributed by atoms with E-state index in [9.17, 15) is 9.59 Å². The summed E-state index contributed by atoms with van der Waals surface area (Å²) in [7, 11) is 1.55. The molecule has 0 unspecified atom stereocenters. The summed E-state index contributed by atoms with van der Waals surface area (Å²) < 4.78 is 10.2. The molecule has 2 rings (SSSR count). The molecule has 0 aliphatic heterocycles. The number of ether oxygens (including phenoxy) is 1. The van der Waals surface area contributed by atoms with Gasteiger partial charge in [0, 0.05) is 13.1 Å². The summed E-state index contributed by atoms with van der Waals surface area (Å²) in [6.45, 7) is 4.89. The first-order valence-corrected chi connectivity index (χ1v) is 6.51. The third kappa shape index (κ3) is 2.52. The number of nitrogens with zero attached hydrogens (tertiary/aromatic N) is 1. The Hall–Kier alpha value is -2.30. The molecule has 0 bridgehead atoms. The van der Waals surface area contributed by atoms with Crippen molar-refractivity contribution in [3.05, 3.63) is 40.4 Å². The standard InChI is InChI=1S/C15H17NO4/c1-4-16(5-2)14(17)13-9-10-8-11(19-3)6-7-12(10)15(18)20-13/h6-9H,4-5H2,1-3H3. The lowest BCUT2D eigenvalue weighted by Gasteiger charge is -2.17. The predicted octanol–water partition coefficient (Wildman–Crippen LogP) is 2.28. The van der Waals surface area contributed by atoms with Crippen LogP contribution < -0.4 is 10.4 Å². The summed E-state index contributed by atoms with van der Waals surface area (Å²) in [6, 6.07) is 6.61. The summed E-state index contributed by atoms with van der Waals surface area (Å²) in [4.78, 5) is 25.7. The quantitative estimate of drug-likeness (QED) is 0.859. The van der Waals surface area contributed by atoms with E-state index in [0.29, 0.717) is 29.6 Å². The number of methoxy groups -OCH3 is 1. The van der Waals surface area contributed by atoms with Crippen LogP contribution >= 0.6 is 0 Å². The lowest BCUT2D eigenvalue weighted by molar-refractivity contribution is 0.0737. The van der Waals surface area contributed by atoms with E-state index in [-0.39, 0.29) is 11.7 Å². The molecule has 0 fully saturated rings. The lowest BCUT2D eigenvalue weighted by atomic mass is 10.1. The van der Waals surface area contributed by atoms with Crippen LogP contribution in [0.5, 0.6) is 5.75 Å². The molecule has 5 nitrogen and oxygen atoms in total. The molecule has 0 radical (unpaired) electrons. The van der Waals surface area contributed by atoms with E-state index in [1.807, 2.05) is 13.8 Å². The summed E-state index contributed by atoms with van der Waals surface area (Å²) >= 11 is 0. The van der Waals surface area contributed by atoms with Crippen molar-refractivity contribution in [3.8, 4) is 5.75 Å². The van der Waals surface area contributed by atoms with Gasteiger partial charge in [0.25, 0.3) is 5.91 Å². The zero-order valence-corrected chi connectivity index (χ0v) is 11.8. The number of hydrogen-bond donors (Lipinski definition) is 0. The number of benzene rings is 1. The van der Waals surface area contributed by atoms with Gasteiger partial charge in [-0.3, -0.25) is 4.79 Å². The van der Waals surface area contributed by atoms with E-state index >= 15 is 0 Å². The van der Waals surface area contributed by atoms with Gasteiger partial charge in [0.1, 0.15) is 5.75 Å². The molecule has 0 saturated carbocycles. The van der Waals surface area contributed by atoms with Crippen molar-refractivity contribution in [1.29, 1.82) is 0 Å². The fourth-order valence-electron chi connectivity index (χ4n) is 2.07. The first-order chi connectivity index (χ1) is 9.60. The highest BCUT2D eigenvalue weighted by molar-refractivity contribution is 5.95. The summed E-state index contributed by atoms with van der Waals surface area (Å²) in [5.41, 5.74) is -0.513. The Morgan fingerprint density at radius 2 is 1.95 bits per heavy atom. The first kappa shape index (κ1) is 14.1. The van der Waals surface area contributed by atoms with Crippen LogP contribution in [0.25, 0.3) is 10.8 Å². The molecule has 1 aromatic carbocycles. The summed E-state index contributed by atoms with van der Waals surface area (Å²) in [5.74, 6) is 0.403. The molecule has 1 amide bonds. The van der Waals surface area contributed by atoms with Gasteiger partial charge in [-0.15, -0.1) is 0 Å². The van der Waals surface area contributed by atoms with Gasteiger partial charge in [-0.25, -0.2) is 4.79 Å². The Labute approximate surface area is 116 Å². The largest absolute Gasteiger partial charge is 0.497 e. The topological polar surface area (TPSA) is 59.8 Å². The molecule has 106 valence electrons.